The summed E-state index contributed by atoms with van der Waals surface area (Å²) in [7, 11) is 0. The number of aromatic hydroxyl groups is 1. The molecule has 0 unspecified atom stereocenters. The monoisotopic (exact) mass is 323 g/mol. The highest BCUT2D eigenvalue weighted by atomic mass is 16.3. The van der Waals surface area contributed by atoms with Gasteiger partial charge in [0.05, 0.1) is 11.4 Å². The number of carbonyl (C=O) groups excluding carboxylic acids is 1. The molecule has 1 aromatic carbocycles. The van der Waals surface area contributed by atoms with Crippen LogP contribution in [0.2, 0.25) is 0 Å². The number of phenols is 1. The third-order valence-electron chi connectivity index (χ3n) is 3.96. The van der Waals surface area contributed by atoms with E-state index < -0.39 is 0 Å². The third kappa shape index (κ3) is 2.97. The van der Waals surface area contributed by atoms with E-state index in [1.807, 2.05) is 38.2 Å². The highest BCUT2D eigenvalue weighted by Gasteiger charge is 2.19. The van der Waals surface area contributed by atoms with Crippen LogP contribution in [0.3, 0.4) is 0 Å². The van der Waals surface area contributed by atoms with Crippen LogP contribution in [0.25, 0.3) is 5.65 Å². The summed E-state index contributed by atoms with van der Waals surface area (Å²) in [5.41, 5.74) is 4.48. The van der Waals surface area contributed by atoms with Crippen molar-refractivity contribution in [3.8, 4) is 5.75 Å². The van der Waals surface area contributed by atoms with E-state index in [0.29, 0.717) is 11.4 Å². The maximum atomic E-state index is 12.8. The number of nitrogens with one attached hydrogen (secondary N) is 1. The zero-order valence-corrected chi connectivity index (χ0v) is 14.1. The molecule has 24 heavy (non-hydrogen) atoms. The molecular formula is C19H21N3O2. The van der Waals surface area contributed by atoms with Gasteiger partial charge in [0.2, 0.25) is 0 Å². The fourth-order valence-corrected chi connectivity index (χ4v) is 2.78. The van der Waals surface area contributed by atoms with E-state index in [2.05, 4.69) is 17.2 Å². The van der Waals surface area contributed by atoms with E-state index in [-0.39, 0.29) is 11.7 Å². The molecule has 2 aromatic heterocycles. The van der Waals surface area contributed by atoms with Crippen molar-refractivity contribution in [2.24, 2.45) is 0 Å². The molecule has 0 fully saturated rings. The molecule has 3 aromatic rings. The van der Waals surface area contributed by atoms with Crippen LogP contribution in [0, 0.1) is 13.8 Å². The van der Waals surface area contributed by atoms with Crippen molar-refractivity contribution in [2.75, 3.05) is 5.32 Å². The molecular weight excluding hydrogens is 302 g/mol. The number of anilines is 1. The van der Waals surface area contributed by atoms with Crippen LogP contribution >= 0.6 is 0 Å². The van der Waals surface area contributed by atoms with Crippen molar-refractivity contribution < 1.29 is 9.90 Å². The van der Waals surface area contributed by atoms with Crippen LogP contribution in [0.5, 0.6) is 5.75 Å². The van der Waals surface area contributed by atoms with Gasteiger partial charge in [-0.2, -0.15) is 0 Å². The zero-order valence-electron chi connectivity index (χ0n) is 14.1. The van der Waals surface area contributed by atoms with Gasteiger partial charge >= 0.3 is 0 Å². The van der Waals surface area contributed by atoms with Gasteiger partial charge in [-0.1, -0.05) is 19.4 Å². The van der Waals surface area contributed by atoms with E-state index in [1.54, 1.807) is 16.5 Å². The molecule has 124 valence electrons. The first-order valence-corrected chi connectivity index (χ1v) is 8.08. The number of rotatable bonds is 4. The van der Waals surface area contributed by atoms with Crippen LogP contribution < -0.4 is 5.32 Å². The Labute approximate surface area is 141 Å². The van der Waals surface area contributed by atoms with E-state index in [4.69, 9.17) is 0 Å². The first-order chi connectivity index (χ1) is 11.5. The number of carbonyl (C=O) groups is 1. The largest absolute Gasteiger partial charge is 0.506 e. The lowest BCUT2D eigenvalue weighted by Gasteiger charge is -2.09. The van der Waals surface area contributed by atoms with E-state index >= 15 is 0 Å². The number of nitrogens with zero attached hydrogens (tertiary/aromatic N) is 2. The first kappa shape index (κ1) is 16.1. The lowest BCUT2D eigenvalue weighted by molar-refractivity contribution is 0.102. The van der Waals surface area contributed by atoms with Crippen molar-refractivity contribution in [1.82, 2.24) is 9.38 Å². The Balaban J connectivity index is 2.03. The molecule has 0 aliphatic heterocycles. The maximum absolute atomic E-state index is 12.8. The number of hydrogen-bond donors (Lipinski definition) is 2. The van der Waals surface area contributed by atoms with Gasteiger partial charge in [-0.15, -0.1) is 0 Å². The Kier molecular flexibility index (Phi) is 4.25. The van der Waals surface area contributed by atoms with E-state index in [9.17, 15) is 9.90 Å². The van der Waals surface area contributed by atoms with Gasteiger partial charge in [-0.25, -0.2) is 4.98 Å². The SMILES string of the molecule is CCCc1nc2cc(C)ccn2c1C(=O)Nc1ccc(C)cc1O. The lowest BCUT2D eigenvalue weighted by Crippen LogP contribution is -2.16. The summed E-state index contributed by atoms with van der Waals surface area (Å²) in [4.78, 5) is 17.4. The number of aromatic nitrogens is 2. The Hall–Kier alpha value is -2.82. The van der Waals surface area contributed by atoms with Crippen LogP contribution in [0.4, 0.5) is 5.69 Å². The van der Waals surface area contributed by atoms with E-state index in [1.165, 1.54) is 0 Å². The molecule has 2 N–H and O–H groups in total. The number of imidazole rings is 1. The molecule has 3 rings (SSSR count). The number of aryl methyl sites for hydroxylation is 3. The summed E-state index contributed by atoms with van der Waals surface area (Å²) in [5.74, 6) is -0.209. The highest BCUT2D eigenvalue weighted by molar-refractivity contribution is 6.05. The fourth-order valence-electron chi connectivity index (χ4n) is 2.78. The summed E-state index contributed by atoms with van der Waals surface area (Å²) in [5, 5.41) is 12.8. The second-order valence-electron chi connectivity index (χ2n) is 6.06. The lowest BCUT2D eigenvalue weighted by atomic mass is 10.2. The molecule has 2 heterocycles. The molecule has 0 bridgehead atoms. The van der Waals surface area contributed by atoms with Crippen molar-refractivity contribution in [2.45, 2.75) is 33.6 Å². The van der Waals surface area contributed by atoms with Crippen molar-refractivity contribution in [1.29, 1.82) is 0 Å². The molecule has 5 heteroatoms. The Bertz CT molecular complexity index is 912. The predicted octanol–water partition coefficient (Wildman–Crippen LogP) is 3.86. The summed E-state index contributed by atoms with van der Waals surface area (Å²) in [6.45, 7) is 5.94. The van der Waals surface area contributed by atoms with Crippen molar-refractivity contribution in [3.05, 3.63) is 59.0 Å². The minimum absolute atomic E-state index is 0.0602. The second-order valence-corrected chi connectivity index (χ2v) is 6.06. The first-order valence-electron chi connectivity index (χ1n) is 8.08. The maximum Gasteiger partial charge on any atom is 0.274 e. The summed E-state index contributed by atoms with van der Waals surface area (Å²) in [6.07, 6.45) is 3.49. The number of fused-ring (bicyclic) bond motifs is 1. The normalized spacial score (nSPS) is 11.0. The van der Waals surface area contributed by atoms with Crippen LogP contribution in [0.15, 0.2) is 36.5 Å². The zero-order chi connectivity index (χ0) is 17.3. The number of phenolic OH excluding ortho intramolecular Hbond substituents is 1. The average Bonchev–Trinajstić information content (AvgIpc) is 2.87. The molecule has 0 spiro atoms. The Morgan fingerprint density at radius 3 is 2.67 bits per heavy atom. The Morgan fingerprint density at radius 2 is 1.96 bits per heavy atom. The molecule has 0 atom stereocenters. The fraction of sp³-hybridized carbons (Fsp3) is 0.263. The molecule has 0 aliphatic carbocycles. The second kappa shape index (κ2) is 6.35. The number of benzene rings is 1. The van der Waals surface area contributed by atoms with Gasteiger partial charge in [0.25, 0.3) is 5.91 Å². The molecule has 0 saturated heterocycles. The third-order valence-corrected chi connectivity index (χ3v) is 3.96. The number of hydrogen-bond acceptors (Lipinski definition) is 3. The summed E-state index contributed by atoms with van der Waals surface area (Å²) >= 11 is 0. The highest BCUT2D eigenvalue weighted by Crippen LogP contribution is 2.25. The van der Waals surface area contributed by atoms with Gasteiger partial charge < -0.3 is 10.4 Å². The van der Waals surface area contributed by atoms with Gasteiger partial charge in [0.15, 0.2) is 0 Å². The summed E-state index contributed by atoms with van der Waals surface area (Å²) in [6, 6.07) is 9.08. The molecule has 1 amide bonds. The van der Waals surface area contributed by atoms with Gasteiger partial charge in [0.1, 0.15) is 17.1 Å². The van der Waals surface area contributed by atoms with Crippen molar-refractivity contribution >= 4 is 17.2 Å². The van der Waals surface area contributed by atoms with Gasteiger partial charge in [-0.05, 0) is 55.7 Å². The smallest absolute Gasteiger partial charge is 0.274 e. The Morgan fingerprint density at radius 1 is 1.21 bits per heavy atom. The van der Waals surface area contributed by atoms with Gasteiger partial charge in [0, 0.05) is 6.20 Å². The number of amides is 1. The standard InChI is InChI=1S/C19H21N3O2/c1-4-5-15-18(22-9-8-13(3)11-17(22)20-15)19(24)21-14-7-6-12(2)10-16(14)23/h6-11,23H,4-5H2,1-3H3,(H,21,24). The minimum atomic E-state index is -0.269. The van der Waals surface area contributed by atoms with Crippen molar-refractivity contribution in [3.63, 3.8) is 0 Å². The predicted molar refractivity (Wildman–Crippen MR) is 94.7 cm³/mol. The van der Waals surface area contributed by atoms with Crippen LogP contribution in [-0.2, 0) is 6.42 Å². The van der Waals surface area contributed by atoms with Crippen LogP contribution in [-0.4, -0.2) is 20.4 Å². The molecule has 0 saturated carbocycles. The molecule has 5 nitrogen and oxygen atoms in total. The van der Waals surface area contributed by atoms with Gasteiger partial charge in [-0.3, -0.25) is 9.20 Å². The summed E-state index contributed by atoms with van der Waals surface area (Å²) < 4.78 is 1.80. The quantitative estimate of drug-likeness (QED) is 0.716. The average molecular weight is 323 g/mol. The topological polar surface area (TPSA) is 66.6 Å². The van der Waals surface area contributed by atoms with E-state index in [0.717, 1.165) is 35.3 Å². The molecule has 0 aliphatic rings. The number of pyridine rings is 1. The minimum Gasteiger partial charge on any atom is -0.506 e. The van der Waals surface area contributed by atoms with Crippen LogP contribution in [0.1, 0.15) is 40.7 Å². The molecule has 0 radical (unpaired) electrons.